The van der Waals surface area contributed by atoms with Crippen molar-refractivity contribution in [2.24, 2.45) is 5.92 Å². The summed E-state index contributed by atoms with van der Waals surface area (Å²) in [5.74, 6) is -0.320. The summed E-state index contributed by atoms with van der Waals surface area (Å²) in [5, 5.41) is 9.37. The zero-order valence-electron chi connectivity index (χ0n) is 10.4. The average molecular weight is 233 g/mol. The van der Waals surface area contributed by atoms with Crippen molar-refractivity contribution in [1.29, 1.82) is 0 Å². The highest BCUT2D eigenvalue weighted by molar-refractivity contribution is 5.79. The van der Waals surface area contributed by atoms with Crippen LogP contribution >= 0.6 is 0 Å². The van der Waals surface area contributed by atoms with E-state index in [-0.39, 0.29) is 0 Å². The van der Waals surface area contributed by atoms with E-state index in [9.17, 15) is 9.90 Å². The quantitative estimate of drug-likeness (QED) is 0.868. The smallest absolute Gasteiger partial charge is 0.326 e. The summed E-state index contributed by atoms with van der Waals surface area (Å²) in [5.41, 5.74) is 2.36. The Kier molecular flexibility index (Phi) is 3.36. The predicted molar refractivity (Wildman–Crippen MR) is 68.4 cm³/mol. The van der Waals surface area contributed by atoms with E-state index in [0.717, 1.165) is 18.7 Å². The van der Waals surface area contributed by atoms with Gasteiger partial charge in [0.05, 0.1) is 0 Å². The summed E-state index contributed by atoms with van der Waals surface area (Å²) < 4.78 is 0. The third-order valence-electron chi connectivity index (χ3n) is 3.28. The fraction of sp³-hybridized carbons (Fsp3) is 0.500. The lowest BCUT2D eigenvalue weighted by molar-refractivity contribution is -0.139. The fourth-order valence-electron chi connectivity index (χ4n) is 2.50. The van der Waals surface area contributed by atoms with Crippen molar-refractivity contribution in [3.8, 4) is 0 Å². The summed E-state index contributed by atoms with van der Waals surface area (Å²) in [4.78, 5) is 13.4. The molecule has 0 saturated carbocycles. The standard InChI is InChI=1S/C14H19NO2/c1-10(2)9-13(14(16)17)15-8-7-11-5-3-4-6-12(11)15/h3-6,10,13H,7-9H2,1-2H3,(H,16,17). The summed E-state index contributed by atoms with van der Waals surface area (Å²) >= 11 is 0. The summed E-state index contributed by atoms with van der Waals surface area (Å²) in [6.07, 6.45) is 1.65. The van der Waals surface area contributed by atoms with Crippen LogP contribution in [0.15, 0.2) is 24.3 Å². The average Bonchev–Trinajstić information content (AvgIpc) is 2.69. The van der Waals surface area contributed by atoms with E-state index in [1.54, 1.807) is 0 Å². The van der Waals surface area contributed by atoms with Gasteiger partial charge in [-0.15, -0.1) is 0 Å². The molecule has 0 spiro atoms. The number of fused-ring (bicyclic) bond motifs is 1. The molecule has 1 unspecified atom stereocenters. The molecule has 1 aliphatic heterocycles. The lowest BCUT2D eigenvalue weighted by Gasteiger charge is -2.28. The number of rotatable bonds is 4. The van der Waals surface area contributed by atoms with Crippen molar-refractivity contribution in [2.75, 3.05) is 11.4 Å². The number of anilines is 1. The molecule has 92 valence electrons. The van der Waals surface area contributed by atoms with Gasteiger partial charge in [0.25, 0.3) is 0 Å². The molecular formula is C14H19NO2. The summed E-state index contributed by atoms with van der Waals surface area (Å²) in [6.45, 7) is 4.96. The Morgan fingerprint density at radius 1 is 1.41 bits per heavy atom. The topological polar surface area (TPSA) is 40.5 Å². The highest BCUT2D eigenvalue weighted by atomic mass is 16.4. The second kappa shape index (κ2) is 4.78. The number of benzene rings is 1. The van der Waals surface area contributed by atoms with Gasteiger partial charge in [-0.25, -0.2) is 4.79 Å². The number of carboxylic acid groups (broad SMARTS) is 1. The molecule has 0 radical (unpaired) electrons. The predicted octanol–water partition coefficient (Wildman–Crippen LogP) is 2.55. The minimum Gasteiger partial charge on any atom is -0.480 e. The third-order valence-corrected chi connectivity index (χ3v) is 3.28. The zero-order chi connectivity index (χ0) is 12.4. The van der Waals surface area contributed by atoms with Gasteiger partial charge in [-0.2, -0.15) is 0 Å². The van der Waals surface area contributed by atoms with Gasteiger partial charge in [0.15, 0.2) is 0 Å². The van der Waals surface area contributed by atoms with Crippen molar-refractivity contribution in [2.45, 2.75) is 32.7 Å². The summed E-state index contributed by atoms with van der Waals surface area (Å²) in [7, 11) is 0. The minimum absolute atomic E-state index is 0.390. The van der Waals surface area contributed by atoms with E-state index in [1.807, 2.05) is 23.1 Å². The van der Waals surface area contributed by atoms with E-state index in [4.69, 9.17) is 0 Å². The molecule has 3 nitrogen and oxygen atoms in total. The van der Waals surface area contributed by atoms with Crippen LogP contribution in [0, 0.1) is 5.92 Å². The first-order chi connectivity index (χ1) is 8.09. The highest BCUT2D eigenvalue weighted by Crippen LogP contribution is 2.30. The van der Waals surface area contributed by atoms with Crippen LogP contribution < -0.4 is 4.90 Å². The van der Waals surface area contributed by atoms with Gasteiger partial charge in [0.1, 0.15) is 6.04 Å². The molecule has 0 aromatic heterocycles. The molecule has 0 amide bonds. The molecule has 1 atom stereocenters. The maximum atomic E-state index is 11.4. The van der Waals surface area contributed by atoms with Gasteiger partial charge in [0, 0.05) is 12.2 Å². The minimum atomic E-state index is -0.713. The zero-order valence-corrected chi connectivity index (χ0v) is 10.4. The lowest BCUT2D eigenvalue weighted by atomic mass is 10.0. The van der Waals surface area contributed by atoms with Gasteiger partial charge >= 0.3 is 5.97 Å². The molecule has 17 heavy (non-hydrogen) atoms. The van der Waals surface area contributed by atoms with Crippen LogP contribution in [0.5, 0.6) is 0 Å². The highest BCUT2D eigenvalue weighted by Gasteiger charge is 2.30. The van der Waals surface area contributed by atoms with Crippen molar-refractivity contribution >= 4 is 11.7 Å². The van der Waals surface area contributed by atoms with Crippen molar-refractivity contribution in [3.05, 3.63) is 29.8 Å². The van der Waals surface area contributed by atoms with Gasteiger partial charge in [0.2, 0.25) is 0 Å². The van der Waals surface area contributed by atoms with Gasteiger partial charge in [-0.1, -0.05) is 32.0 Å². The maximum absolute atomic E-state index is 11.4. The SMILES string of the molecule is CC(C)CC(C(=O)O)N1CCc2ccccc21. The van der Waals surface area contributed by atoms with Gasteiger partial charge in [-0.05, 0) is 30.4 Å². The lowest BCUT2D eigenvalue weighted by Crippen LogP contribution is -2.41. The van der Waals surface area contributed by atoms with Crippen molar-refractivity contribution in [3.63, 3.8) is 0 Å². The Morgan fingerprint density at radius 2 is 2.12 bits per heavy atom. The number of carboxylic acids is 1. The normalized spacial score (nSPS) is 16.1. The Hall–Kier alpha value is -1.51. The van der Waals surface area contributed by atoms with Crippen molar-refractivity contribution < 1.29 is 9.90 Å². The Morgan fingerprint density at radius 3 is 2.76 bits per heavy atom. The molecule has 1 N–H and O–H groups in total. The molecule has 1 aromatic rings. The molecule has 0 aliphatic carbocycles. The molecule has 1 heterocycles. The number of hydrogen-bond donors (Lipinski definition) is 1. The van der Waals surface area contributed by atoms with Crippen LogP contribution in [-0.2, 0) is 11.2 Å². The maximum Gasteiger partial charge on any atom is 0.326 e. The fourth-order valence-corrected chi connectivity index (χ4v) is 2.50. The van der Waals surface area contributed by atoms with Crippen LogP contribution in [-0.4, -0.2) is 23.7 Å². The van der Waals surface area contributed by atoms with Gasteiger partial charge in [-0.3, -0.25) is 0 Å². The number of para-hydroxylation sites is 1. The molecular weight excluding hydrogens is 214 g/mol. The molecule has 0 saturated heterocycles. The number of aliphatic carboxylic acids is 1. The Bertz CT molecular complexity index is 414. The second-order valence-corrected chi connectivity index (χ2v) is 5.06. The largest absolute Gasteiger partial charge is 0.480 e. The number of carbonyl (C=O) groups is 1. The molecule has 0 bridgehead atoms. The first-order valence-electron chi connectivity index (χ1n) is 6.17. The van der Waals surface area contributed by atoms with Gasteiger partial charge < -0.3 is 10.0 Å². The van der Waals surface area contributed by atoms with Crippen molar-refractivity contribution in [1.82, 2.24) is 0 Å². The monoisotopic (exact) mass is 233 g/mol. The molecule has 2 rings (SSSR count). The second-order valence-electron chi connectivity index (χ2n) is 5.06. The number of hydrogen-bond acceptors (Lipinski definition) is 2. The number of nitrogens with zero attached hydrogens (tertiary/aromatic N) is 1. The third kappa shape index (κ3) is 2.43. The van der Waals surface area contributed by atoms with E-state index in [1.165, 1.54) is 5.56 Å². The first-order valence-corrected chi connectivity index (χ1v) is 6.17. The van der Waals surface area contributed by atoms with Crippen LogP contribution in [0.3, 0.4) is 0 Å². The van der Waals surface area contributed by atoms with E-state index >= 15 is 0 Å². The van der Waals surface area contributed by atoms with Crippen LogP contribution in [0.2, 0.25) is 0 Å². The molecule has 3 heteroatoms. The van der Waals surface area contributed by atoms with Crippen LogP contribution in [0.1, 0.15) is 25.8 Å². The first kappa shape index (κ1) is 12.0. The molecule has 1 aliphatic rings. The van der Waals surface area contributed by atoms with E-state index < -0.39 is 12.0 Å². The molecule has 1 aromatic carbocycles. The Labute approximate surface area is 102 Å². The molecule has 0 fully saturated rings. The van der Waals surface area contributed by atoms with Crippen LogP contribution in [0.25, 0.3) is 0 Å². The van der Waals surface area contributed by atoms with Crippen LogP contribution in [0.4, 0.5) is 5.69 Å². The van der Waals surface area contributed by atoms with E-state index in [2.05, 4.69) is 19.9 Å². The van der Waals surface area contributed by atoms with E-state index in [0.29, 0.717) is 12.3 Å². The Balaban J connectivity index is 2.24. The summed E-state index contributed by atoms with van der Waals surface area (Å²) in [6, 6.07) is 7.72.